The summed E-state index contributed by atoms with van der Waals surface area (Å²) in [7, 11) is 1.88. The van der Waals surface area contributed by atoms with Gasteiger partial charge in [0.15, 0.2) is 0 Å². The summed E-state index contributed by atoms with van der Waals surface area (Å²) in [6, 6.07) is 0. The third-order valence-corrected chi connectivity index (χ3v) is 1.67. The molecule has 3 N–H and O–H groups in total. The Kier molecular flexibility index (Phi) is 6.66. The van der Waals surface area contributed by atoms with Crippen molar-refractivity contribution in [1.29, 1.82) is 5.41 Å². The first-order valence-corrected chi connectivity index (χ1v) is 4.73. The third kappa shape index (κ3) is 5.48. The van der Waals surface area contributed by atoms with E-state index in [4.69, 9.17) is 5.41 Å². The first-order valence-electron chi connectivity index (χ1n) is 4.73. The molecular weight excluding hydrogens is 180 g/mol. The molecular formula is C10H19N2O2+. The molecule has 0 amide bonds. The summed E-state index contributed by atoms with van der Waals surface area (Å²) in [5.41, 5.74) is 1.31. The van der Waals surface area contributed by atoms with Crippen molar-refractivity contribution in [3.05, 3.63) is 11.8 Å². The van der Waals surface area contributed by atoms with Gasteiger partial charge in [-0.2, -0.15) is 0 Å². The van der Waals surface area contributed by atoms with E-state index in [1.807, 2.05) is 18.6 Å². The number of hydrogen-bond donors (Lipinski definition) is 2. The fraction of sp³-hybridized carbons (Fsp3) is 0.600. The first-order chi connectivity index (χ1) is 6.61. The van der Waals surface area contributed by atoms with Crippen LogP contribution >= 0.6 is 0 Å². The predicted molar refractivity (Wildman–Crippen MR) is 55.1 cm³/mol. The zero-order valence-corrected chi connectivity index (χ0v) is 9.04. The molecule has 0 saturated heterocycles. The van der Waals surface area contributed by atoms with Crippen molar-refractivity contribution >= 4 is 12.2 Å². The molecule has 0 atom stereocenters. The van der Waals surface area contributed by atoms with Crippen LogP contribution < -0.4 is 5.32 Å². The molecule has 0 heterocycles. The average molecular weight is 199 g/mol. The number of rotatable bonds is 7. The van der Waals surface area contributed by atoms with E-state index in [1.165, 1.54) is 0 Å². The van der Waals surface area contributed by atoms with Crippen LogP contribution in [0.2, 0.25) is 0 Å². The second-order valence-corrected chi connectivity index (χ2v) is 3.51. The summed E-state index contributed by atoms with van der Waals surface area (Å²) in [5.74, 6) is 0.444. The van der Waals surface area contributed by atoms with Crippen LogP contribution in [0.5, 0.6) is 0 Å². The smallest absolute Gasteiger partial charge is 0.293 e. The van der Waals surface area contributed by atoms with Gasteiger partial charge in [0.2, 0.25) is 0 Å². The van der Waals surface area contributed by atoms with Crippen LogP contribution in [0.4, 0.5) is 0 Å². The molecule has 0 fully saturated rings. The molecule has 0 spiro atoms. The maximum Gasteiger partial charge on any atom is 0.293 e. The van der Waals surface area contributed by atoms with Gasteiger partial charge in [-0.15, -0.1) is 0 Å². The molecule has 4 nitrogen and oxygen atoms in total. The topological polar surface area (TPSA) is 66.8 Å². The lowest BCUT2D eigenvalue weighted by molar-refractivity contribution is -0.557. The van der Waals surface area contributed by atoms with Crippen molar-refractivity contribution in [2.24, 2.45) is 5.92 Å². The molecule has 0 radical (unpaired) electrons. The maximum atomic E-state index is 10.0. The van der Waals surface area contributed by atoms with E-state index in [9.17, 15) is 4.79 Å². The van der Waals surface area contributed by atoms with Crippen molar-refractivity contribution in [3.63, 3.8) is 0 Å². The molecule has 4 heteroatoms. The fourth-order valence-electron chi connectivity index (χ4n) is 1.10. The van der Waals surface area contributed by atoms with E-state index in [-0.39, 0.29) is 6.61 Å². The Balaban J connectivity index is 4.26. The molecule has 0 bridgehead atoms. The van der Waals surface area contributed by atoms with Gasteiger partial charge in [0.05, 0.1) is 12.6 Å². The van der Waals surface area contributed by atoms with E-state index in [0.717, 1.165) is 5.57 Å². The molecule has 0 aromatic heterocycles. The number of carbonyl (C=O) groups excluding carboxylic acids is 1. The van der Waals surface area contributed by atoms with Crippen LogP contribution in [0.15, 0.2) is 11.8 Å². The molecule has 0 aromatic carbocycles. The minimum absolute atomic E-state index is 0.194. The van der Waals surface area contributed by atoms with Crippen LogP contribution in [0, 0.1) is 11.3 Å². The lowest BCUT2D eigenvalue weighted by atomic mass is 10.0. The second-order valence-electron chi connectivity index (χ2n) is 3.51. The zero-order valence-electron chi connectivity index (χ0n) is 9.04. The number of nitrogens with one attached hydrogen (secondary N) is 1. The summed E-state index contributed by atoms with van der Waals surface area (Å²) in [6.45, 7) is 4.72. The highest BCUT2D eigenvalue weighted by Gasteiger charge is 2.09. The molecule has 0 aliphatic carbocycles. The van der Waals surface area contributed by atoms with Crippen LogP contribution in [0.3, 0.4) is 0 Å². The van der Waals surface area contributed by atoms with Crippen molar-refractivity contribution in [3.8, 4) is 0 Å². The summed E-state index contributed by atoms with van der Waals surface area (Å²) in [4.78, 5) is 10.0. The van der Waals surface area contributed by atoms with Gasteiger partial charge in [-0.05, 0) is 12.3 Å². The standard InChI is InChI=1S/C10H18N2O2/c1-8(2)4-10(11)9(5-12-3)6-14-7-13/h5,7-8,11-12H,4,6H2,1-3H3/p+1. The normalized spacial score (nSPS) is 11.6. The van der Waals surface area contributed by atoms with Gasteiger partial charge in [0.1, 0.15) is 12.8 Å². The first kappa shape index (κ1) is 12.8. The lowest BCUT2D eigenvalue weighted by Gasteiger charge is -2.08. The van der Waals surface area contributed by atoms with Crippen LogP contribution in [0.1, 0.15) is 20.3 Å². The number of hydrogen-bond acceptors (Lipinski definition) is 3. The predicted octanol–water partition coefficient (Wildman–Crippen LogP) is 0.302. The van der Waals surface area contributed by atoms with Crippen molar-refractivity contribution in [1.82, 2.24) is 0 Å². The average Bonchev–Trinajstić information content (AvgIpc) is 2.10. The lowest BCUT2D eigenvalue weighted by Crippen LogP contribution is -2.73. The Morgan fingerprint density at radius 3 is 2.64 bits per heavy atom. The molecule has 0 rings (SSSR count). The van der Waals surface area contributed by atoms with Gasteiger partial charge in [0.25, 0.3) is 6.47 Å². The van der Waals surface area contributed by atoms with Crippen molar-refractivity contribution < 1.29 is 14.8 Å². The highest BCUT2D eigenvalue weighted by molar-refractivity contribution is 5.97. The minimum atomic E-state index is 0.194. The van der Waals surface area contributed by atoms with Gasteiger partial charge in [-0.1, -0.05) is 13.8 Å². The highest BCUT2D eigenvalue weighted by atomic mass is 16.5. The van der Waals surface area contributed by atoms with Gasteiger partial charge < -0.3 is 15.5 Å². The van der Waals surface area contributed by atoms with Gasteiger partial charge in [-0.3, -0.25) is 4.79 Å². The van der Waals surface area contributed by atoms with Crippen molar-refractivity contribution in [2.45, 2.75) is 20.3 Å². The molecule has 14 heavy (non-hydrogen) atoms. The Bertz CT molecular complexity index is 222. The van der Waals surface area contributed by atoms with Gasteiger partial charge in [0, 0.05) is 5.71 Å². The van der Waals surface area contributed by atoms with Crippen molar-refractivity contribution in [2.75, 3.05) is 13.7 Å². The monoisotopic (exact) mass is 199 g/mol. The zero-order chi connectivity index (χ0) is 11.0. The number of nitrogens with two attached hydrogens (primary N) is 1. The van der Waals surface area contributed by atoms with Crippen LogP contribution in [0.25, 0.3) is 0 Å². The van der Waals surface area contributed by atoms with E-state index in [2.05, 4.69) is 18.6 Å². The number of ether oxygens (including phenoxy) is 1. The van der Waals surface area contributed by atoms with E-state index in [1.54, 1.807) is 0 Å². The van der Waals surface area contributed by atoms with Gasteiger partial charge >= 0.3 is 0 Å². The fourth-order valence-corrected chi connectivity index (χ4v) is 1.10. The summed E-state index contributed by atoms with van der Waals surface area (Å²) < 4.78 is 4.64. The van der Waals surface area contributed by atoms with E-state index in [0.29, 0.717) is 24.5 Å². The van der Waals surface area contributed by atoms with E-state index < -0.39 is 0 Å². The minimum Gasteiger partial charge on any atom is -0.463 e. The molecule has 0 unspecified atom stereocenters. The summed E-state index contributed by atoms with van der Waals surface area (Å²) in [6.07, 6.45) is 2.52. The van der Waals surface area contributed by atoms with Gasteiger partial charge in [-0.25, -0.2) is 0 Å². The Morgan fingerprint density at radius 1 is 1.57 bits per heavy atom. The maximum absolute atomic E-state index is 10.0. The Morgan fingerprint density at radius 2 is 2.21 bits per heavy atom. The summed E-state index contributed by atoms with van der Waals surface area (Å²) >= 11 is 0. The number of carbonyl (C=O) groups is 1. The largest absolute Gasteiger partial charge is 0.463 e. The SMILES string of the molecule is C[NH2+]C=C(COC=O)C(=N)CC(C)C. The Labute approximate surface area is 84.8 Å². The third-order valence-electron chi connectivity index (χ3n) is 1.67. The molecule has 0 aliphatic heterocycles. The highest BCUT2D eigenvalue weighted by Crippen LogP contribution is 2.07. The van der Waals surface area contributed by atoms with Crippen LogP contribution in [-0.2, 0) is 9.53 Å². The molecule has 0 saturated carbocycles. The molecule has 0 aliphatic rings. The van der Waals surface area contributed by atoms with Crippen LogP contribution in [-0.4, -0.2) is 25.8 Å². The number of quaternary nitrogens is 1. The molecule has 80 valence electrons. The summed E-state index contributed by atoms with van der Waals surface area (Å²) in [5, 5.41) is 9.62. The van der Waals surface area contributed by atoms with E-state index >= 15 is 0 Å². The Hall–Kier alpha value is -1.16. The quantitative estimate of drug-likeness (QED) is 0.457. The molecule has 0 aromatic rings. The second kappa shape index (κ2) is 7.26.